The second-order valence-corrected chi connectivity index (χ2v) is 7.56. The Balaban J connectivity index is 1.38. The van der Waals surface area contributed by atoms with Gasteiger partial charge in [0.25, 0.3) is 5.91 Å². The van der Waals surface area contributed by atoms with Gasteiger partial charge in [-0.2, -0.15) is 0 Å². The first-order valence-electron chi connectivity index (χ1n) is 7.83. The van der Waals surface area contributed by atoms with Crippen LogP contribution in [0.25, 0.3) is 9.88 Å². The molecule has 2 fully saturated rings. The van der Waals surface area contributed by atoms with Gasteiger partial charge >= 0.3 is 0 Å². The molecule has 0 radical (unpaired) electrons. The Morgan fingerprint density at radius 1 is 1.22 bits per heavy atom. The lowest BCUT2D eigenvalue weighted by Crippen LogP contribution is -2.41. The van der Waals surface area contributed by atoms with Crippen LogP contribution >= 0.6 is 22.7 Å². The molecule has 5 nitrogen and oxygen atoms in total. The van der Waals surface area contributed by atoms with Gasteiger partial charge in [0, 0.05) is 24.4 Å². The van der Waals surface area contributed by atoms with E-state index in [0.717, 1.165) is 35.8 Å². The SMILES string of the molecule is O=C(c1csc(-c2cccs2)n1)N1CCC(C2OCCO2)CC1. The number of thiophene rings is 1. The Bertz CT molecular complexity index is 657. The van der Waals surface area contributed by atoms with Crippen molar-refractivity contribution in [3.63, 3.8) is 0 Å². The highest BCUT2D eigenvalue weighted by Gasteiger charge is 2.32. The summed E-state index contributed by atoms with van der Waals surface area (Å²) in [6, 6.07) is 4.03. The van der Waals surface area contributed by atoms with E-state index >= 15 is 0 Å². The lowest BCUT2D eigenvalue weighted by Gasteiger charge is -2.33. The number of ether oxygens (including phenoxy) is 2. The molecule has 2 saturated heterocycles. The van der Waals surface area contributed by atoms with Crippen LogP contribution in [0.3, 0.4) is 0 Å². The van der Waals surface area contributed by atoms with Crippen LogP contribution in [0.5, 0.6) is 0 Å². The van der Waals surface area contributed by atoms with Crippen LogP contribution < -0.4 is 0 Å². The minimum Gasteiger partial charge on any atom is -0.350 e. The minimum absolute atomic E-state index is 0.0377. The summed E-state index contributed by atoms with van der Waals surface area (Å²) in [4.78, 5) is 20.1. The highest BCUT2D eigenvalue weighted by Crippen LogP contribution is 2.30. The maximum absolute atomic E-state index is 12.6. The van der Waals surface area contributed by atoms with Gasteiger partial charge in [0.05, 0.1) is 18.1 Å². The van der Waals surface area contributed by atoms with Gasteiger partial charge in [-0.3, -0.25) is 4.79 Å². The van der Waals surface area contributed by atoms with Crippen LogP contribution in [-0.2, 0) is 9.47 Å². The minimum atomic E-state index is -0.0723. The molecule has 0 aromatic carbocycles. The number of hydrogen-bond acceptors (Lipinski definition) is 6. The summed E-state index contributed by atoms with van der Waals surface area (Å²) in [7, 11) is 0. The van der Waals surface area contributed by atoms with Gasteiger partial charge in [0.2, 0.25) is 0 Å². The highest BCUT2D eigenvalue weighted by atomic mass is 32.1. The molecule has 1 amide bonds. The average Bonchev–Trinajstić information content (AvgIpc) is 3.36. The van der Waals surface area contributed by atoms with E-state index in [4.69, 9.17) is 9.47 Å². The first kappa shape index (κ1) is 15.3. The molecule has 0 bridgehead atoms. The lowest BCUT2D eigenvalue weighted by molar-refractivity contribution is -0.0956. The fraction of sp³-hybridized carbons (Fsp3) is 0.500. The average molecular weight is 350 g/mol. The van der Waals surface area contributed by atoms with Crippen molar-refractivity contribution in [2.75, 3.05) is 26.3 Å². The molecule has 0 unspecified atom stereocenters. The molecule has 0 N–H and O–H groups in total. The molecule has 0 atom stereocenters. The molecule has 0 spiro atoms. The standard InChI is InChI=1S/C16H18N2O3S2/c19-15(12-10-23-14(17-12)13-2-1-9-22-13)18-5-3-11(4-6-18)16-20-7-8-21-16/h1-2,9-11,16H,3-8H2. The van der Waals surface area contributed by atoms with E-state index in [2.05, 4.69) is 4.98 Å². The molecule has 2 aliphatic rings. The monoisotopic (exact) mass is 350 g/mol. The molecular formula is C16H18N2O3S2. The van der Waals surface area contributed by atoms with Crippen molar-refractivity contribution in [2.45, 2.75) is 19.1 Å². The van der Waals surface area contributed by atoms with E-state index in [1.165, 1.54) is 11.3 Å². The summed E-state index contributed by atoms with van der Waals surface area (Å²) in [5.74, 6) is 0.439. The van der Waals surface area contributed by atoms with Crippen molar-refractivity contribution in [1.29, 1.82) is 0 Å². The number of hydrogen-bond donors (Lipinski definition) is 0. The molecule has 23 heavy (non-hydrogen) atoms. The summed E-state index contributed by atoms with van der Waals surface area (Å²) in [5, 5.41) is 4.81. The van der Waals surface area contributed by atoms with Gasteiger partial charge in [0.15, 0.2) is 6.29 Å². The maximum Gasteiger partial charge on any atom is 0.273 e. The van der Waals surface area contributed by atoms with Crippen LogP contribution in [0, 0.1) is 5.92 Å². The zero-order valence-corrected chi connectivity index (χ0v) is 14.3. The molecule has 2 aromatic heterocycles. The molecule has 2 aliphatic heterocycles. The smallest absolute Gasteiger partial charge is 0.273 e. The summed E-state index contributed by atoms with van der Waals surface area (Å²) in [6.45, 7) is 2.87. The van der Waals surface area contributed by atoms with Gasteiger partial charge < -0.3 is 14.4 Å². The Morgan fingerprint density at radius 3 is 2.70 bits per heavy atom. The molecular weight excluding hydrogens is 332 g/mol. The van der Waals surface area contributed by atoms with Gasteiger partial charge in [-0.15, -0.1) is 22.7 Å². The zero-order chi connectivity index (χ0) is 15.6. The van der Waals surface area contributed by atoms with Crippen molar-refractivity contribution in [2.24, 2.45) is 5.92 Å². The highest BCUT2D eigenvalue weighted by molar-refractivity contribution is 7.20. The Morgan fingerprint density at radius 2 is 2.00 bits per heavy atom. The van der Waals surface area contributed by atoms with E-state index in [9.17, 15) is 4.79 Å². The van der Waals surface area contributed by atoms with Crippen LogP contribution in [0.4, 0.5) is 0 Å². The van der Waals surface area contributed by atoms with Gasteiger partial charge in [-0.05, 0) is 24.3 Å². The second kappa shape index (κ2) is 6.68. The predicted octanol–water partition coefficient (Wildman–Crippen LogP) is 3.10. The van der Waals surface area contributed by atoms with E-state index in [1.54, 1.807) is 11.3 Å². The third-order valence-electron chi connectivity index (χ3n) is 4.31. The number of carbonyl (C=O) groups excluding carboxylic acids is 1. The zero-order valence-electron chi connectivity index (χ0n) is 12.6. The first-order valence-corrected chi connectivity index (χ1v) is 9.59. The summed E-state index contributed by atoms with van der Waals surface area (Å²) in [5.41, 5.74) is 0.560. The first-order chi connectivity index (χ1) is 11.3. The normalized spacial score (nSPS) is 20.3. The van der Waals surface area contributed by atoms with E-state index < -0.39 is 0 Å². The lowest BCUT2D eigenvalue weighted by atomic mass is 9.96. The molecule has 4 heterocycles. The number of piperidine rings is 1. The molecule has 2 aromatic rings. The quantitative estimate of drug-likeness (QED) is 0.853. The Labute approximate surface area is 142 Å². The van der Waals surface area contributed by atoms with Crippen molar-refractivity contribution >= 4 is 28.6 Å². The summed E-state index contributed by atoms with van der Waals surface area (Å²) >= 11 is 3.18. The third kappa shape index (κ3) is 3.19. The van der Waals surface area contributed by atoms with E-state index in [1.807, 2.05) is 27.8 Å². The second-order valence-electron chi connectivity index (χ2n) is 5.75. The summed E-state index contributed by atoms with van der Waals surface area (Å²) < 4.78 is 11.2. The Kier molecular flexibility index (Phi) is 4.43. The number of rotatable bonds is 3. The van der Waals surface area contributed by atoms with Gasteiger partial charge in [0.1, 0.15) is 10.7 Å². The van der Waals surface area contributed by atoms with Crippen molar-refractivity contribution < 1.29 is 14.3 Å². The van der Waals surface area contributed by atoms with E-state index in [-0.39, 0.29) is 12.2 Å². The van der Waals surface area contributed by atoms with Crippen molar-refractivity contribution in [3.05, 3.63) is 28.6 Å². The number of amides is 1. The maximum atomic E-state index is 12.6. The third-order valence-corrected chi connectivity index (χ3v) is 6.20. The van der Waals surface area contributed by atoms with Crippen LogP contribution in [0.15, 0.2) is 22.9 Å². The fourth-order valence-electron chi connectivity index (χ4n) is 3.07. The van der Waals surface area contributed by atoms with Crippen molar-refractivity contribution in [3.8, 4) is 9.88 Å². The molecule has 122 valence electrons. The summed E-state index contributed by atoms with van der Waals surface area (Å²) in [6.07, 6.45) is 1.79. The van der Waals surface area contributed by atoms with Crippen LogP contribution in [0.2, 0.25) is 0 Å². The number of carbonyl (C=O) groups is 1. The van der Waals surface area contributed by atoms with Crippen molar-refractivity contribution in [1.82, 2.24) is 9.88 Å². The number of nitrogens with zero attached hydrogens (tertiary/aromatic N) is 2. The number of likely N-dealkylation sites (tertiary alicyclic amines) is 1. The molecule has 0 saturated carbocycles. The van der Waals surface area contributed by atoms with Gasteiger partial charge in [-0.25, -0.2) is 4.98 Å². The largest absolute Gasteiger partial charge is 0.350 e. The molecule has 0 aliphatic carbocycles. The fourth-order valence-corrected chi connectivity index (χ4v) is 4.68. The molecule has 4 rings (SSSR count). The predicted molar refractivity (Wildman–Crippen MR) is 89.7 cm³/mol. The Hall–Kier alpha value is -1.28. The topological polar surface area (TPSA) is 51.7 Å². The van der Waals surface area contributed by atoms with Crippen LogP contribution in [-0.4, -0.2) is 48.4 Å². The number of aromatic nitrogens is 1. The van der Waals surface area contributed by atoms with E-state index in [0.29, 0.717) is 24.8 Å². The van der Waals surface area contributed by atoms with Crippen LogP contribution in [0.1, 0.15) is 23.3 Å². The molecule has 7 heteroatoms. The number of thiazole rings is 1. The van der Waals surface area contributed by atoms with Gasteiger partial charge in [-0.1, -0.05) is 6.07 Å².